The molecule has 4 aromatic rings. The van der Waals surface area contributed by atoms with Crippen LogP contribution in [0.1, 0.15) is 113 Å². The Morgan fingerprint density at radius 2 is 1.69 bits per heavy atom. The zero-order valence-corrected chi connectivity index (χ0v) is 38.1. The lowest BCUT2D eigenvalue weighted by Gasteiger charge is -2.60. The Labute approximate surface area is 384 Å². The van der Waals surface area contributed by atoms with Crippen molar-refractivity contribution in [1.82, 2.24) is 4.90 Å². The van der Waals surface area contributed by atoms with Gasteiger partial charge in [-0.2, -0.15) is 0 Å². The van der Waals surface area contributed by atoms with Crippen LogP contribution in [-0.4, -0.2) is 65.0 Å². The molecule has 4 aliphatic rings. The van der Waals surface area contributed by atoms with E-state index >= 15 is 4.79 Å². The lowest BCUT2D eigenvalue weighted by atomic mass is 9.55. The van der Waals surface area contributed by atoms with Gasteiger partial charge in [-0.05, 0) is 103 Å². The van der Waals surface area contributed by atoms with Crippen LogP contribution in [0.5, 0.6) is 11.5 Å². The zero-order valence-electron chi connectivity index (χ0n) is 38.1. The molecule has 9 nitrogen and oxygen atoms in total. The van der Waals surface area contributed by atoms with Crippen molar-refractivity contribution in [3.8, 4) is 11.5 Å². The van der Waals surface area contributed by atoms with E-state index in [0.717, 1.165) is 78.1 Å². The molecule has 1 aliphatic heterocycles. The summed E-state index contributed by atoms with van der Waals surface area (Å²) in [4.78, 5) is 23.4. The molecule has 3 aliphatic carbocycles. The number of carbonyl (C=O) groups excluding carboxylic acids is 1. The van der Waals surface area contributed by atoms with E-state index in [2.05, 4.69) is 49.1 Å². The van der Waals surface area contributed by atoms with Gasteiger partial charge >= 0.3 is 0 Å². The van der Waals surface area contributed by atoms with Crippen molar-refractivity contribution in [2.24, 2.45) is 28.8 Å². The largest absolute Gasteiger partial charge is 0.489 e. The Kier molecular flexibility index (Phi) is 15.7. The summed E-state index contributed by atoms with van der Waals surface area (Å²) in [5.74, 6) is -0.388. The molecule has 1 heterocycles. The van der Waals surface area contributed by atoms with Crippen molar-refractivity contribution >= 4 is 22.4 Å². The fourth-order valence-electron chi connectivity index (χ4n) is 11.4. The molecule has 0 radical (unpaired) electrons. The summed E-state index contributed by atoms with van der Waals surface area (Å²) in [6.07, 6.45) is 15.1. The third-order valence-electron chi connectivity index (χ3n) is 14.5. The minimum Gasteiger partial charge on any atom is -0.489 e. The topological polar surface area (TPSA) is 110 Å². The molecule has 65 heavy (non-hydrogen) atoms. The predicted octanol–water partition coefficient (Wildman–Crippen LogP) is 11.2. The monoisotopic (exact) mass is 886 g/mol. The Morgan fingerprint density at radius 3 is 2.48 bits per heavy atom. The van der Waals surface area contributed by atoms with Crippen LogP contribution in [0.2, 0.25) is 0 Å². The highest BCUT2D eigenvalue weighted by Gasteiger charge is 2.65. The number of benzene rings is 4. The van der Waals surface area contributed by atoms with E-state index in [-0.39, 0.29) is 55.9 Å². The number of aliphatic hydroxyl groups is 2. The van der Waals surface area contributed by atoms with Crippen LogP contribution >= 0.6 is 0 Å². The highest BCUT2D eigenvalue weighted by Crippen LogP contribution is 2.62. The molecule has 1 amide bonds. The van der Waals surface area contributed by atoms with Crippen molar-refractivity contribution < 1.29 is 38.4 Å². The number of oxime groups is 1. The second kappa shape index (κ2) is 22.0. The van der Waals surface area contributed by atoms with Crippen LogP contribution in [0.25, 0.3) is 10.8 Å². The first-order valence-corrected chi connectivity index (χ1v) is 24.2. The van der Waals surface area contributed by atoms with E-state index in [1.54, 1.807) is 24.3 Å². The Balaban J connectivity index is 1.32. The van der Waals surface area contributed by atoms with E-state index in [1.165, 1.54) is 18.9 Å². The Bertz CT molecular complexity index is 2300. The zero-order chi connectivity index (χ0) is 45.2. The highest BCUT2D eigenvalue weighted by atomic mass is 19.1. The fourth-order valence-corrected chi connectivity index (χ4v) is 11.4. The number of rotatable bonds is 22. The number of carbonyl (C=O) groups is 1. The van der Waals surface area contributed by atoms with Crippen LogP contribution in [0, 0.1) is 29.5 Å². The van der Waals surface area contributed by atoms with E-state index < -0.39 is 17.7 Å². The smallest absolute Gasteiger partial charge is 0.239 e. The molecule has 0 bridgehead atoms. The van der Waals surface area contributed by atoms with E-state index in [0.29, 0.717) is 61.8 Å². The molecule has 2 saturated carbocycles. The summed E-state index contributed by atoms with van der Waals surface area (Å²) in [5, 5.41) is 27.1. The minimum atomic E-state index is -1.38. The highest BCUT2D eigenvalue weighted by molar-refractivity contribution is 6.03. The summed E-state index contributed by atoms with van der Waals surface area (Å²) in [7, 11) is 0. The van der Waals surface area contributed by atoms with Gasteiger partial charge in [-0.3, -0.25) is 4.79 Å². The van der Waals surface area contributed by atoms with Gasteiger partial charge in [-0.25, -0.2) is 4.39 Å². The number of aliphatic hydroxyl groups excluding tert-OH is 2. The second-order valence-electron chi connectivity index (χ2n) is 18.4. The molecular formula is C55H67FN2O7. The standard InChI is InChI=1S/C55H67FN2O7/c1-3-32-63-55-51(58(52(61)29-26-38-16-5-6-17-38)36-41-22-15-21-39-18-7-9-23-44(39)41)35-49(57-64-4-2)46-33-40(19-11-13-30-59)45(24-12-14-31-60)53(54(46)55)47-34-43(27-28-50(47)65-55)62-37-42-20-8-10-25-48(42)56/h3,7-10,15,18,20-23,25,27-28,33-34,38,40,45,51,53-54,59-60H,1,4-6,11-14,16-17,19,24,26,29-32,35-37H2,2H3. The third-order valence-corrected chi connectivity index (χ3v) is 14.5. The maximum atomic E-state index is 15.4. The summed E-state index contributed by atoms with van der Waals surface area (Å²) < 4.78 is 36.0. The number of unbranched alkanes of at least 4 members (excludes halogenated alkanes) is 2. The molecular weight excluding hydrogens is 820 g/mol. The minimum absolute atomic E-state index is 0.0552. The van der Waals surface area contributed by atoms with Gasteiger partial charge in [-0.1, -0.05) is 116 Å². The number of hydrogen-bond acceptors (Lipinski definition) is 8. The van der Waals surface area contributed by atoms with Crippen molar-refractivity contribution in [2.75, 3.05) is 26.4 Å². The third kappa shape index (κ3) is 10.2. The lowest BCUT2D eigenvalue weighted by Crippen LogP contribution is -2.70. The van der Waals surface area contributed by atoms with Crippen LogP contribution in [-0.2, 0) is 27.5 Å². The van der Waals surface area contributed by atoms with Gasteiger partial charge in [0.2, 0.25) is 11.7 Å². The van der Waals surface area contributed by atoms with Gasteiger partial charge in [0.15, 0.2) is 0 Å². The number of allylic oxidation sites excluding steroid dienone is 1. The number of hydrogen-bond donors (Lipinski definition) is 2. The van der Waals surface area contributed by atoms with Crippen LogP contribution < -0.4 is 9.47 Å². The van der Waals surface area contributed by atoms with Crippen molar-refractivity contribution in [2.45, 2.75) is 121 Å². The van der Waals surface area contributed by atoms with Crippen molar-refractivity contribution in [1.29, 1.82) is 0 Å². The molecule has 0 spiro atoms. The van der Waals surface area contributed by atoms with Crippen LogP contribution in [0.15, 0.2) is 114 Å². The van der Waals surface area contributed by atoms with Gasteiger partial charge in [-0.15, -0.1) is 6.58 Å². The first-order chi connectivity index (χ1) is 31.9. The van der Waals surface area contributed by atoms with Gasteiger partial charge in [0, 0.05) is 49.6 Å². The molecule has 8 rings (SSSR count). The van der Waals surface area contributed by atoms with Crippen molar-refractivity contribution in [3.63, 3.8) is 0 Å². The van der Waals surface area contributed by atoms with E-state index in [1.807, 2.05) is 36.1 Å². The molecule has 10 heteroatoms. The number of ether oxygens (including phenoxy) is 3. The summed E-state index contributed by atoms with van der Waals surface area (Å²) in [6, 6.07) is 26.5. The average molecular weight is 887 g/mol. The van der Waals surface area contributed by atoms with Crippen LogP contribution in [0.3, 0.4) is 0 Å². The number of fused-ring (bicyclic) bond motifs is 3. The molecule has 6 unspecified atom stereocenters. The number of amides is 1. The molecule has 2 N–H and O–H groups in total. The van der Waals surface area contributed by atoms with Gasteiger partial charge in [0.1, 0.15) is 36.6 Å². The summed E-state index contributed by atoms with van der Waals surface area (Å²) in [6.45, 7) is 7.19. The van der Waals surface area contributed by atoms with E-state index in [4.69, 9.17) is 24.2 Å². The number of halogens is 1. The van der Waals surface area contributed by atoms with Crippen molar-refractivity contribution in [3.05, 3.63) is 132 Å². The molecule has 6 atom stereocenters. The number of nitrogens with zero attached hydrogens (tertiary/aromatic N) is 2. The first-order valence-electron chi connectivity index (χ1n) is 24.2. The quantitative estimate of drug-likeness (QED) is 0.0459. The van der Waals surface area contributed by atoms with Crippen LogP contribution in [0.4, 0.5) is 4.39 Å². The second-order valence-corrected chi connectivity index (χ2v) is 18.4. The molecule has 2 fully saturated rings. The fraction of sp³-hybridized carbons (Fsp3) is 0.491. The first kappa shape index (κ1) is 46.5. The van der Waals surface area contributed by atoms with E-state index in [9.17, 15) is 14.6 Å². The van der Waals surface area contributed by atoms with Gasteiger partial charge in [0.05, 0.1) is 18.2 Å². The normalized spacial score (nSPS) is 24.2. The summed E-state index contributed by atoms with van der Waals surface area (Å²) >= 11 is 0. The molecule has 0 aromatic heterocycles. The molecule has 0 saturated heterocycles. The lowest BCUT2D eigenvalue weighted by molar-refractivity contribution is -0.258. The summed E-state index contributed by atoms with van der Waals surface area (Å²) in [5.41, 5.74) is 4.22. The SMILES string of the molecule is C=CCOC12Oc3ccc(OCc4ccccc4F)cc3C3C(CCCCO)C(CCCCO)C=C(C(=NOCC)CC1N(Cc1cccc4ccccc14)C(=O)CCC1CCCC1)C32. The van der Waals surface area contributed by atoms with Gasteiger partial charge < -0.3 is 34.2 Å². The predicted molar refractivity (Wildman–Crippen MR) is 253 cm³/mol. The maximum Gasteiger partial charge on any atom is 0.239 e. The Morgan fingerprint density at radius 1 is 0.938 bits per heavy atom. The molecule has 4 aromatic carbocycles. The van der Waals surface area contributed by atoms with Gasteiger partial charge in [0.25, 0.3) is 0 Å². The average Bonchev–Trinajstić information content (AvgIpc) is 3.86. The maximum absolute atomic E-state index is 15.4. The Hall–Kier alpha value is -5.03. The molecule has 346 valence electrons.